The highest BCUT2D eigenvalue weighted by Crippen LogP contribution is 2.42. The van der Waals surface area contributed by atoms with Crippen LogP contribution in [0.3, 0.4) is 0 Å². The summed E-state index contributed by atoms with van der Waals surface area (Å²) in [4.78, 5) is 36.2. The fraction of sp³-hybridized carbons (Fsp3) is 0.667. The zero-order valence-corrected chi connectivity index (χ0v) is 32.9. The fourth-order valence-electron chi connectivity index (χ4n) is 5.64. The van der Waals surface area contributed by atoms with E-state index in [0.29, 0.717) is 22.9 Å². The second-order valence-corrected chi connectivity index (χ2v) is 17.6. The fourth-order valence-corrected chi connectivity index (χ4v) is 7.12. The summed E-state index contributed by atoms with van der Waals surface area (Å²) < 4.78 is 20.6. The number of aromatic nitrogens is 4. The molecule has 0 fully saturated rings. The highest BCUT2D eigenvalue weighted by atomic mass is 35.5. The molecule has 14 heteroatoms. The van der Waals surface area contributed by atoms with Crippen LogP contribution in [0.2, 0.25) is 5.02 Å². The van der Waals surface area contributed by atoms with Crippen molar-refractivity contribution in [2.45, 2.75) is 142 Å². The number of hydrogen-bond acceptors (Lipinski definition) is 6. The highest BCUT2D eigenvalue weighted by molar-refractivity contribution is 7.59. The van der Waals surface area contributed by atoms with Crippen molar-refractivity contribution < 1.29 is 23.8 Å². The average molecular weight is 736 g/mol. The van der Waals surface area contributed by atoms with Crippen molar-refractivity contribution in [1.82, 2.24) is 30.4 Å². The van der Waals surface area contributed by atoms with Crippen LogP contribution in [-0.4, -0.2) is 55.0 Å². The number of anilines is 1. The molecule has 2 aromatic heterocycles. The van der Waals surface area contributed by atoms with Gasteiger partial charge in [0.1, 0.15) is 17.1 Å². The number of carbonyl (C=O) groups excluding carboxylic acids is 2. The molecule has 0 saturated heterocycles. The number of fused-ring (bicyclic) bond motifs is 1. The molecule has 2 heterocycles. The first-order chi connectivity index (χ1) is 23.4. The largest absolute Gasteiger partial charge is 0.482 e. The lowest BCUT2D eigenvalue weighted by molar-refractivity contribution is -0.125. The van der Waals surface area contributed by atoms with E-state index >= 15 is 0 Å². The summed E-state index contributed by atoms with van der Waals surface area (Å²) >= 11 is 6.64. The van der Waals surface area contributed by atoms with Crippen LogP contribution in [0.25, 0.3) is 5.65 Å². The van der Waals surface area contributed by atoms with Gasteiger partial charge in [-0.25, -0.2) is 4.52 Å². The van der Waals surface area contributed by atoms with Gasteiger partial charge in [0.05, 0.1) is 11.4 Å². The third-order valence-corrected chi connectivity index (χ3v) is 10.9. The highest BCUT2D eigenvalue weighted by Gasteiger charge is 2.44. The van der Waals surface area contributed by atoms with Crippen LogP contribution < -0.4 is 20.5 Å². The Hall–Kier alpha value is -3.08. The first-order valence-electron chi connectivity index (χ1n) is 17.9. The summed E-state index contributed by atoms with van der Waals surface area (Å²) in [5, 5.41) is 20.8. The van der Waals surface area contributed by atoms with Gasteiger partial charge in [-0.15, -0.1) is 10.2 Å². The number of aromatic amines is 1. The van der Waals surface area contributed by atoms with E-state index in [1.54, 1.807) is 28.8 Å². The molecule has 0 bridgehead atoms. The third-order valence-electron chi connectivity index (χ3n) is 9.41. The van der Waals surface area contributed by atoms with Crippen LogP contribution in [-0.2, 0) is 25.0 Å². The number of H-pyrrole nitrogens is 1. The minimum Gasteiger partial charge on any atom is -0.482 e. The summed E-state index contributed by atoms with van der Waals surface area (Å²) in [6.45, 7) is 15.7. The number of nitrogens with one attached hydrogen (secondary N) is 4. The first-order valence-corrected chi connectivity index (χ1v) is 20.1. The van der Waals surface area contributed by atoms with Crippen LogP contribution in [0.4, 0.5) is 5.69 Å². The Bertz CT molecular complexity index is 1610. The molecule has 0 radical (unpaired) electrons. The SMILES string of the molecule is CCCCCCCCCCCCC(=O)NCP(=O)(O)Nc1ccccc1OCC(=O)NC(C)(C)C(C)(C)c1nnc2c(Cl)c(C(C)(C)C)[nH]n12. The molecule has 280 valence electrons. The summed E-state index contributed by atoms with van der Waals surface area (Å²) in [6, 6.07) is 6.57. The van der Waals surface area contributed by atoms with Gasteiger partial charge in [0.15, 0.2) is 18.1 Å². The maximum Gasteiger partial charge on any atom is 0.310 e. The Morgan fingerprint density at radius 2 is 1.52 bits per heavy atom. The number of benzene rings is 1. The van der Waals surface area contributed by atoms with Crippen LogP contribution in [0, 0.1) is 0 Å². The third kappa shape index (κ3) is 11.5. The lowest BCUT2D eigenvalue weighted by atomic mass is 9.73. The van der Waals surface area contributed by atoms with E-state index in [1.165, 1.54) is 44.9 Å². The molecule has 0 aliphatic carbocycles. The van der Waals surface area contributed by atoms with Crippen molar-refractivity contribution in [3.05, 3.63) is 40.8 Å². The molecular formula is C36H59ClN7O5P. The number of halogens is 1. The molecule has 50 heavy (non-hydrogen) atoms. The molecule has 0 saturated carbocycles. The molecule has 2 amide bonds. The molecular weight excluding hydrogens is 677 g/mol. The number of hydrogen-bond donors (Lipinski definition) is 5. The smallest absolute Gasteiger partial charge is 0.310 e. The zero-order valence-electron chi connectivity index (χ0n) is 31.2. The van der Waals surface area contributed by atoms with E-state index in [2.05, 4.69) is 58.7 Å². The molecule has 0 aliphatic rings. The quantitative estimate of drug-likeness (QED) is 0.0540. The van der Waals surface area contributed by atoms with Gasteiger partial charge in [0.25, 0.3) is 5.91 Å². The Balaban J connectivity index is 1.50. The van der Waals surface area contributed by atoms with Crippen LogP contribution >= 0.6 is 19.1 Å². The van der Waals surface area contributed by atoms with E-state index in [-0.39, 0.29) is 29.4 Å². The minimum absolute atomic E-state index is 0.223. The number of carbonyl (C=O) groups is 2. The predicted octanol–water partition coefficient (Wildman–Crippen LogP) is 8.24. The molecule has 0 spiro atoms. The van der Waals surface area contributed by atoms with Crippen molar-refractivity contribution in [3.63, 3.8) is 0 Å². The van der Waals surface area contributed by atoms with Gasteiger partial charge in [-0.3, -0.25) is 19.3 Å². The Labute approximate surface area is 302 Å². The number of amides is 2. The topological polar surface area (TPSA) is 163 Å². The van der Waals surface area contributed by atoms with Gasteiger partial charge in [0.2, 0.25) is 5.91 Å². The lowest BCUT2D eigenvalue weighted by Crippen LogP contribution is -2.57. The minimum atomic E-state index is -4.01. The number of unbranched alkanes of at least 4 members (excludes halogenated alkanes) is 9. The van der Waals surface area contributed by atoms with Crippen molar-refractivity contribution in [1.29, 1.82) is 0 Å². The number of rotatable bonds is 21. The van der Waals surface area contributed by atoms with Crippen molar-refractivity contribution in [2.24, 2.45) is 0 Å². The molecule has 3 aromatic rings. The zero-order chi connectivity index (χ0) is 37.2. The first kappa shape index (κ1) is 41.3. The van der Waals surface area contributed by atoms with Crippen molar-refractivity contribution in [2.75, 3.05) is 18.0 Å². The van der Waals surface area contributed by atoms with Gasteiger partial charge in [0, 0.05) is 22.8 Å². The van der Waals surface area contributed by atoms with E-state index in [9.17, 15) is 19.0 Å². The Morgan fingerprint density at radius 1 is 0.920 bits per heavy atom. The molecule has 5 N–H and O–H groups in total. The molecule has 1 aromatic carbocycles. The van der Waals surface area contributed by atoms with Gasteiger partial charge >= 0.3 is 7.52 Å². The molecule has 1 unspecified atom stereocenters. The maximum absolute atomic E-state index is 13.2. The van der Waals surface area contributed by atoms with Crippen LogP contribution in [0.15, 0.2) is 24.3 Å². The van der Waals surface area contributed by atoms with Crippen LogP contribution in [0.1, 0.15) is 138 Å². The van der Waals surface area contributed by atoms with E-state index < -0.39 is 30.7 Å². The Kier molecular flexibility index (Phi) is 14.8. The van der Waals surface area contributed by atoms with Gasteiger partial charge < -0.3 is 25.4 Å². The standard InChI is InChI=1S/C36H59ClN7O5P/c1-9-10-11-12-13-14-15-16-17-18-23-28(45)38-25-50(47,48)43-26-21-19-20-22-27(26)49-24-29(46)39-36(7,8)35(5,6)33-41-40-32-30(37)31(34(2,3)4)42-44(32)33/h19-22,42H,9-18,23-25H2,1-8H3,(H,38,45)(H,39,46)(H2,43,47,48). The summed E-state index contributed by atoms with van der Waals surface area (Å²) in [5.74, 6) is 0.166. The molecule has 12 nitrogen and oxygen atoms in total. The number of para-hydroxylation sites is 2. The summed E-state index contributed by atoms with van der Waals surface area (Å²) in [7, 11) is -4.01. The maximum atomic E-state index is 13.2. The lowest BCUT2D eigenvalue weighted by Gasteiger charge is -2.40. The molecule has 1 atom stereocenters. The van der Waals surface area contributed by atoms with E-state index in [0.717, 1.165) is 25.0 Å². The second-order valence-electron chi connectivity index (χ2n) is 15.3. The van der Waals surface area contributed by atoms with Gasteiger partial charge in [-0.1, -0.05) is 123 Å². The summed E-state index contributed by atoms with van der Waals surface area (Å²) in [6.07, 6.45) is 11.6. The average Bonchev–Trinajstić information content (AvgIpc) is 3.60. The van der Waals surface area contributed by atoms with E-state index in [4.69, 9.17) is 16.3 Å². The second kappa shape index (κ2) is 17.9. The Morgan fingerprint density at radius 3 is 2.14 bits per heavy atom. The number of ether oxygens (including phenoxy) is 1. The van der Waals surface area contributed by atoms with Gasteiger partial charge in [-0.05, 0) is 32.4 Å². The van der Waals surface area contributed by atoms with Crippen molar-refractivity contribution in [3.8, 4) is 5.75 Å². The normalized spacial score (nSPS) is 13.6. The monoisotopic (exact) mass is 735 g/mol. The molecule has 0 aliphatic heterocycles. The molecule has 3 rings (SSSR count). The van der Waals surface area contributed by atoms with Crippen LogP contribution in [0.5, 0.6) is 5.75 Å². The van der Waals surface area contributed by atoms with Gasteiger partial charge in [-0.2, -0.15) is 0 Å². The van der Waals surface area contributed by atoms with Crippen molar-refractivity contribution >= 4 is 42.3 Å². The number of nitrogens with zero attached hydrogens (tertiary/aromatic N) is 3. The summed E-state index contributed by atoms with van der Waals surface area (Å²) in [5.41, 5.74) is -0.187. The predicted molar refractivity (Wildman–Crippen MR) is 201 cm³/mol. The van der Waals surface area contributed by atoms with E-state index in [1.807, 2.05) is 27.7 Å².